The van der Waals surface area contributed by atoms with Crippen molar-refractivity contribution >= 4 is 0 Å². The summed E-state index contributed by atoms with van der Waals surface area (Å²) in [6.07, 6.45) is 1.97. The van der Waals surface area contributed by atoms with Gasteiger partial charge in [-0.3, -0.25) is 0 Å². The van der Waals surface area contributed by atoms with E-state index in [-0.39, 0.29) is 24.4 Å². The van der Waals surface area contributed by atoms with Crippen LogP contribution in [0.1, 0.15) is 11.1 Å². The number of hydrogen-bond acceptors (Lipinski definition) is 5. The van der Waals surface area contributed by atoms with Crippen LogP contribution in [-0.4, -0.2) is 44.2 Å². The maximum atomic E-state index is 6.31. The van der Waals surface area contributed by atoms with Gasteiger partial charge in [0.15, 0.2) is 0 Å². The molecule has 31 heavy (non-hydrogen) atoms. The molecule has 3 rings (SSSR count). The highest BCUT2D eigenvalue weighted by Gasteiger charge is 2.43. The average Bonchev–Trinajstić information content (AvgIpc) is 2.82. The van der Waals surface area contributed by atoms with Crippen LogP contribution in [0.5, 0.6) is 0 Å². The van der Waals surface area contributed by atoms with Gasteiger partial charge in [0.2, 0.25) is 0 Å². The first-order valence-electron chi connectivity index (χ1n) is 10.5. The third kappa shape index (κ3) is 7.42. The fraction of sp³-hybridized carbons (Fsp3) is 0.346. The Kier molecular flexibility index (Phi) is 9.96. The number of hydrogen-bond donors (Lipinski definition) is 0. The Morgan fingerprint density at radius 2 is 1.35 bits per heavy atom. The molecule has 1 aliphatic rings. The van der Waals surface area contributed by atoms with Crippen molar-refractivity contribution in [3.05, 3.63) is 104 Å². The third-order valence-corrected chi connectivity index (χ3v) is 4.89. The molecule has 165 valence electrons. The predicted octanol–water partition coefficient (Wildman–Crippen LogP) is 4.49. The second-order valence-corrected chi connectivity index (χ2v) is 7.25. The summed E-state index contributed by atoms with van der Waals surface area (Å²) in [5, 5.41) is 0. The standard InChI is InChI=1S/C26H31O5/c1-3-15-28-24-20-30-23(19-27-17-21-11-7-5-8-12-21)26(25(24)29-16-4-2)31-18-22-13-9-6-10-14-22/h3-14,20,23-26H,1-2,15-19H2/t23-,24-,25-,26-/m1/s1. The van der Waals surface area contributed by atoms with Gasteiger partial charge in [0.05, 0.1) is 33.0 Å². The fourth-order valence-corrected chi connectivity index (χ4v) is 3.38. The Hall–Kier alpha value is -2.28. The highest BCUT2D eigenvalue weighted by atomic mass is 16.6. The van der Waals surface area contributed by atoms with Crippen LogP contribution in [0.3, 0.4) is 0 Å². The smallest absolute Gasteiger partial charge is 0.116 e. The minimum atomic E-state index is -0.385. The number of benzene rings is 2. The molecule has 1 radical (unpaired) electrons. The van der Waals surface area contributed by atoms with Gasteiger partial charge < -0.3 is 23.7 Å². The molecule has 1 saturated heterocycles. The Morgan fingerprint density at radius 1 is 0.742 bits per heavy atom. The normalized spacial score (nSPS) is 23.4. The van der Waals surface area contributed by atoms with Crippen LogP contribution in [-0.2, 0) is 36.9 Å². The van der Waals surface area contributed by atoms with E-state index in [1.165, 1.54) is 0 Å². The van der Waals surface area contributed by atoms with Crippen molar-refractivity contribution in [1.82, 2.24) is 0 Å². The van der Waals surface area contributed by atoms with Gasteiger partial charge in [-0.15, -0.1) is 13.2 Å². The third-order valence-electron chi connectivity index (χ3n) is 4.89. The van der Waals surface area contributed by atoms with Crippen LogP contribution in [0.4, 0.5) is 0 Å². The Balaban J connectivity index is 1.69. The molecule has 0 spiro atoms. The summed E-state index contributed by atoms with van der Waals surface area (Å²) in [7, 11) is 0. The molecular weight excluding hydrogens is 392 g/mol. The predicted molar refractivity (Wildman–Crippen MR) is 120 cm³/mol. The lowest BCUT2D eigenvalue weighted by molar-refractivity contribution is -0.217. The van der Waals surface area contributed by atoms with Crippen molar-refractivity contribution in [1.29, 1.82) is 0 Å². The zero-order valence-electron chi connectivity index (χ0n) is 17.8. The van der Waals surface area contributed by atoms with Crippen LogP contribution >= 0.6 is 0 Å². The monoisotopic (exact) mass is 423 g/mol. The van der Waals surface area contributed by atoms with Gasteiger partial charge in [0.25, 0.3) is 0 Å². The van der Waals surface area contributed by atoms with E-state index in [2.05, 4.69) is 13.2 Å². The average molecular weight is 424 g/mol. The lowest BCUT2D eigenvalue weighted by Gasteiger charge is -2.41. The molecule has 0 aliphatic carbocycles. The summed E-state index contributed by atoms with van der Waals surface area (Å²) >= 11 is 0. The first-order valence-corrected chi connectivity index (χ1v) is 10.5. The molecule has 0 amide bonds. The molecular formula is C26H31O5. The SMILES string of the molecule is C=CCO[C@H]1[C@H](OCc2ccccc2)[C@@H](COCc2ccccc2)O[CH][C@H]1OCC=C. The number of ether oxygens (including phenoxy) is 5. The minimum Gasteiger partial charge on any atom is -0.374 e. The summed E-state index contributed by atoms with van der Waals surface area (Å²) in [6, 6.07) is 20.1. The molecule has 4 atom stereocenters. The lowest BCUT2D eigenvalue weighted by atomic mass is 9.99. The minimum absolute atomic E-state index is 0.328. The van der Waals surface area contributed by atoms with E-state index in [0.717, 1.165) is 11.1 Å². The van der Waals surface area contributed by atoms with Crippen molar-refractivity contribution in [3.8, 4) is 0 Å². The summed E-state index contributed by atoms with van der Waals surface area (Å²) in [5.74, 6) is 0. The fourth-order valence-electron chi connectivity index (χ4n) is 3.38. The maximum Gasteiger partial charge on any atom is 0.116 e. The molecule has 5 heteroatoms. The van der Waals surface area contributed by atoms with E-state index in [9.17, 15) is 0 Å². The van der Waals surface area contributed by atoms with Crippen LogP contribution < -0.4 is 0 Å². The Morgan fingerprint density at radius 3 is 2.00 bits per heavy atom. The van der Waals surface area contributed by atoms with E-state index in [1.54, 1.807) is 18.8 Å². The van der Waals surface area contributed by atoms with Gasteiger partial charge in [0, 0.05) is 0 Å². The molecule has 0 saturated carbocycles. The van der Waals surface area contributed by atoms with Crippen LogP contribution in [0, 0.1) is 6.61 Å². The Labute approximate surface area is 185 Å². The van der Waals surface area contributed by atoms with E-state index >= 15 is 0 Å². The molecule has 1 fully saturated rings. The lowest BCUT2D eigenvalue weighted by Crippen LogP contribution is -2.55. The summed E-state index contributed by atoms with van der Waals surface area (Å²) in [6.45, 7) is 11.2. The van der Waals surface area contributed by atoms with Crippen molar-refractivity contribution in [2.45, 2.75) is 37.6 Å². The van der Waals surface area contributed by atoms with Gasteiger partial charge in [-0.2, -0.15) is 0 Å². The topological polar surface area (TPSA) is 46.2 Å². The molecule has 2 aromatic carbocycles. The van der Waals surface area contributed by atoms with Gasteiger partial charge in [-0.1, -0.05) is 72.8 Å². The quantitative estimate of drug-likeness (QED) is 0.444. The molecule has 1 heterocycles. The van der Waals surface area contributed by atoms with E-state index in [0.29, 0.717) is 33.0 Å². The molecule has 2 aromatic rings. The van der Waals surface area contributed by atoms with E-state index < -0.39 is 0 Å². The molecule has 5 nitrogen and oxygen atoms in total. The largest absolute Gasteiger partial charge is 0.374 e. The second kappa shape index (κ2) is 13.2. The van der Waals surface area contributed by atoms with Gasteiger partial charge in [-0.05, 0) is 11.1 Å². The summed E-state index contributed by atoms with van der Waals surface area (Å²) < 4.78 is 30.2. The zero-order valence-corrected chi connectivity index (χ0v) is 17.8. The molecule has 0 aromatic heterocycles. The first kappa shape index (κ1) is 23.4. The van der Waals surface area contributed by atoms with E-state index in [4.69, 9.17) is 23.7 Å². The Bertz CT molecular complexity index is 764. The van der Waals surface area contributed by atoms with Crippen molar-refractivity contribution in [3.63, 3.8) is 0 Å². The van der Waals surface area contributed by atoms with Crippen LogP contribution in [0.2, 0.25) is 0 Å². The van der Waals surface area contributed by atoms with Crippen molar-refractivity contribution in [2.24, 2.45) is 0 Å². The summed E-state index contributed by atoms with van der Waals surface area (Å²) in [4.78, 5) is 0. The molecule has 0 unspecified atom stereocenters. The molecule has 1 aliphatic heterocycles. The highest BCUT2D eigenvalue weighted by molar-refractivity contribution is 5.14. The molecule has 0 bridgehead atoms. The maximum absolute atomic E-state index is 6.31. The van der Waals surface area contributed by atoms with Crippen molar-refractivity contribution < 1.29 is 23.7 Å². The first-order chi connectivity index (χ1) is 15.3. The van der Waals surface area contributed by atoms with E-state index in [1.807, 2.05) is 60.7 Å². The number of rotatable bonds is 13. The van der Waals surface area contributed by atoms with Crippen LogP contribution in [0.25, 0.3) is 0 Å². The zero-order chi connectivity index (χ0) is 21.7. The second-order valence-electron chi connectivity index (χ2n) is 7.25. The highest BCUT2D eigenvalue weighted by Crippen LogP contribution is 2.27. The van der Waals surface area contributed by atoms with Crippen LogP contribution in [0.15, 0.2) is 86.0 Å². The van der Waals surface area contributed by atoms with Gasteiger partial charge >= 0.3 is 0 Å². The van der Waals surface area contributed by atoms with Gasteiger partial charge in [-0.25, -0.2) is 0 Å². The van der Waals surface area contributed by atoms with Gasteiger partial charge in [0.1, 0.15) is 31.0 Å². The molecule has 0 N–H and O–H groups in total. The summed E-state index contributed by atoms with van der Waals surface area (Å²) in [5.41, 5.74) is 2.18. The van der Waals surface area contributed by atoms with Crippen molar-refractivity contribution in [2.75, 3.05) is 19.8 Å².